The van der Waals surface area contributed by atoms with Crippen molar-refractivity contribution in [2.45, 2.75) is 90.4 Å². The summed E-state index contributed by atoms with van der Waals surface area (Å²) in [5.41, 5.74) is 4.67. The average Bonchev–Trinajstić information content (AvgIpc) is 2.63. The van der Waals surface area contributed by atoms with Gasteiger partial charge in [-0.3, -0.25) is 9.59 Å². The highest BCUT2D eigenvalue weighted by atomic mass is 16.1. The third-order valence-corrected chi connectivity index (χ3v) is 5.21. The third-order valence-electron chi connectivity index (χ3n) is 5.21. The quantitative estimate of drug-likeness (QED) is 0.581. The molecule has 3 rings (SSSR count). The second-order valence-corrected chi connectivity index (χ2v) is 7.17. The SMILES string of the molecule is CCC/C=C1/C=CC(=O)CC1.O=C1CCC(=C2CCCCC2)CC1. The molecule has 2 nitrogen and oxygen atoms in total. The van der Waals surface area contributed by atoms with Gasteiger partial charge in [0.15, 0.2) is 5.78 Å². The van der Waals surface area contributed by atoms with Gasteiger partial charge in [0.1, 0.15) is 5.78 Å². The average molecular weight is 328 g/mol. The molecule has 0 heterocycles. The van der Waals surface area contributed by atoms with Crippen LogP contribution < -0.4 is 0 Å². The molecule has 3 aliphatic carbocycles. The van der Waals surface area contributed by atoms with Crippen molar-refractivity contribution in [2.75, 3.05) is 0 Å². The van der Waals surface area contributed by atoms with Crippen LogP contribution >= 0.6 is 0 Å². The number of allylic oxidation sites excluding steroid dienone is 6. The molecule has 2 saturated carbocycles. The van der Waals surface area contributed by atoms with Crippen LogP contribution in [0.3, 0.4) is 0 Å². The van der Waals surface area contributed by atoms with E-state index in [1.165, 1.54) is 44.1 Å². The summed E-state index contributed by atoms with van der Waals surface area (Å²) in [6.07, 6.45) is 20.4. The highest BCUT2D eigenvalue weighted by molar-refractivity contribution is 5.91. The van der Waals surface area contributed by atoms with E-state index in [4.69, 9.17) is 0 Å². The molecule has 0 unspecified atom stereocenters. The summed E-state index contributed by atoms with van der Waals surface area (Å²) in [7, 11) is 0. The number of rotatable bonds is 2. The van der Waals surface area contributed by atoms with Gasteiger partial charge in [-0.2, -0.15) is 0 Å². The van der Waals surface area contributed by atoms with Crippen LogP contribution in [-0.4, -0.2) is 11.6 Å². The predicted molar refractivity (Wildman–Crippen MR) is 100.0 cm³/mol. The fourth-order valence-corrected chi connectivity index (χ4v) is 3.65. The lowest BCUT2D eigenvalue weighted by Gasteiger charge is -2.21. The molecule has 2 heteroatoms. The van der Waals surface area contributed by atoms with Gasteiger partial charge in [-0.05, 0) is 57.4 Å². The summed E-state index contributed by atoms with van der Waals surface area (Å²) in [5, 5.41) is 0. The van der Waals surface area contributed by atoms with E-state index < -0.39 is 0 Å². The first kappa shape index (κ1) is 18.9. The topological polar surface area (TPSA) is 34.1 Å². The Morgan fingerprint density at radius 2 is 1.46 bits per heavy atom. The molecular weight excluding hydrogens is 296 g/mol. The standard InChI is InChI=1S/C12H18O.C10H14O/c13-12-8-6-11(7-9-12)10-4-2-1-3-5-10;1-2-3-4-9-5-7-10(11)8-6-9/h1-9H2;4-5,7H,2-3,6,8H2,1H3/b;9-4-. The van der Waals surface area contributed by atoms with Gasteiger partial charge < -0.3 is 0 Å². The Balaban J connectivity index is 0.000000177. The Bertz CT molecular complexity index is 514. The maximum absolute atomic E-state index is 11.1. The van der Waals surface area contributed by atoms with Crippen molar-refractivity contribution in [3.63, 3.8) is 0 Å². The summed E-state index contributed by atoms with van der Waals surface area (Å²) in [6, 6.07) is 0. The molecule has 0 aromatic rings. The summed E-state index contributed by atoms with van der Waals surface area (Å²) >= 11 is 0. The number of hydrogen-bond acceptors (Lipinski definition) is 2. The van der Waals surface area contributed by atoms with Gasteiger partial charge in [-0.15, -0.1) is 0 Å². The smallest absolute Gasteiger partial charge is 0.156 e. The van der Waals surface area contributed by atoms with Crippen LogP contribution in [0.15, 0.2) is 34.9 Å². The number of Topliss-reactive ketones (excluding diaryl/α,β-unsaturated/α-hetero) is 1. The Morgan fingerprint density at radius 3 is 2.04 bits per heavy atom. The maximum Gasteiger partial charge on any atom is 0.156 e. The van der Waals surface area contributed by atoms with E-state index in [1.807, 2.05) is 6.08 Å². The monoisotopic (exact) mass is 328 g/mol. The van der Waals surface area contributed by atoms with E-state index in [2.05, 4.69) is 13.0 Å². The Kier molecular flexibility index (Phi) is 8.21. The van der Waals surface area contributed by atoms with Crippen LogP contribution in [-0.2, 0) is 9.59 Å². The fraction of sp³-hybridized carbons (Fsp3) is 0.636. The van der Waals surface area contributed by atoms with Crippen LogP contribution in [0.4, 0.5) is 0 Å². The first-order valence-corrected chi connectivity index (χ1v) is 9.80. The summed E-state index contributed by atoms with van der Waals surface area (Å²) in [6.45, 7) is 2.16. The van der Waals surface area contributed by atoms with Crippen molar-refractivity contribution in [1.82, 2.24) is 0 Å². The molecule has 2 fully saturated rings. The molecule has 0 spiro atoms. The molecule has 24 heavy (non-hydrogen) atoms. The molecule has 0 atom stereocenters. The van der Waals surface area contributed by atoms with Gasteiger partial charge in [0.2, 0.25) is 0 Å². The second-order valence-electron chi connectivity index (χ2n) is 7.17. The van der Waals surface area contributed by atoms with Gasteiger partial charge in [0.05, 0.1) is 0 Å². The number of unbranched alkanes of at least 4 members (excludes halogenated alkanes) is 1. The minimum atomic E-state index is 0.263. The molecule has 0 amide bonds. The lowest BCUT2D eigenvalue weighted by atomic mass is 9.84. The van der Waals surface area contributed by atoms with E-state index in [0.717, 1.165) is 38.5 Å². The molecule has 0 aromatic carbocycles. The van der Waals surface area contributed by atoms with Gasteiger partial charge in [-0.25, -0.2) is 0 Å². The van der Waals surface area contributed by atoms with E-state index >= 15 is 0 Å². The van der Waals surface area contributed by atoms with Gasteiger partial charge in [0.25, 0.3) is 0 Å². The number of ketones is 2. The summed E-state index contributed by atoms with van der Waals surface area (Å²) in [4.78, 5) is 21.8. The molecule has 0 aliphatic heterocycles. The minimum absolute atomic E-state index is 0.263. The van der Waals surface area contributed by atoms with Crippen LogP contribution in [0.25, 0.3) is 0 Å². The second kappa shape index (κ2) is 10.4. The van der Waals surface area contributed by atoms with Crippen molar-refractivity contribution >= 4 is 11.6 Å². The van der Waals surface area contributed by atoms with Crippen molar-refractivity contribution in [3.05, 3.63) is 34.9 Å². The number of carbonyl (C=O) groups is 2. The summed E-state index contributed by atoms with van der Waals surface area (Å²) in [5.74, 6) is 0.735. The molecule has 0 radical (unpaired) electrons. The molecule has 0 bridgehead atoms. The first-order chi connectivity index (χ1) is 11.7. The van der Waals surface area contributed by atoms with E-state index in [1.54, 1.807) is 17.2 Å². The number of carbonyl (C=O) groups excluding carboxylic acids is 2. The Hall–Kier alpha value is -1.44. The normalized spacial score (nSPS) is 23.3. The van der Waals surface area contributed by atoms with Crippen LogP contribution in [0.5, 0.6) is 0 Å². The number of hydrogen-bond donors (Lipinski definition) is 0. The van der Waals surface area contributed by atoms with Crippen LogP contribution in [0, 0.1) is 0 Å². The molecule has 0 aromatic heterocycles. The summed E-state index contributed by atoms with van der Waals surface area (Å²) < 4.78 is 0. The lowest BCUT2D eigenvalue weighted by Crippen LogP contribution is -2.09. The fourth-order valence-electron chi connectivity index (χ4n) is 3.65. The molecule has 0 N–H and O–H groups in total. The lowest BCUT2D eigenvalue weighted by molar-refractivity contribution is -0.119. The largest absolute Gasteiger partial charge is 0.300 e. The van der Waals surface area contributed by atoms with E-state index in [9.17, 15) is 9.59 Å². The molecule has 3 aliphatic rings. The van der Waals surface area contributed by atoms with Crippen LogP contribution in [0.1, 0.15) is 90.4 Å². The molecule has 0 saturated heterocycles. The first-order valence-electron chi connectivity index (χ1n) is 9.80. The van der Waals surface area contributed by atoms with Gasteiger partial charge in [0, 0.05) is 19.3 Å². The van der Waals surface area contributed by atoms with Crippen molar-refractivity contribution in [2.24, 2.45) is 0 Å². The van der Waals surface area contributed by atoms with Gasteiger partial charge >= 0.3 is 0 Å². The zero-order valence-electron chi connectivity index (χ0n) is 15.2. The molecular formula is C22H32O2. The highest BCUT2D eigenvalue weighted by Gasteiger charge is 2.17. The third kappa shape index (κ3) is 6.59. The maximum atomic E-state index is 11.1. The zero-order valence-corrected chi connectivity index (χ0v) is 15.2. The van der Waals surface area contributed by atoms with Crippen molar-refractivity contribution in [3.8, 4) is 0 Å². The minimum Gasteiger partial charge on any atom is -0.300 e. The predicted octanol–water partition coefficient (Wildman–Crippen LogP) is 6.02. The molecule has 132 valence electrons. The Morgan fingerprint density at radius 1 is 0.792 bits per heavy atom. The van der Waals surface area contributed by atoms with Crippen molar-refractivity contribution in [1.29, 1.82) is 0 Å². The zero-order chi connectivity index (χ0) is 17.2. The van der Waals surface area contributed by atoms with E-state index in [0.29, 0.717) is 12.2 Å². The van der Waals surface area contributed by atoms with Crippen LogP contribution in [0.2, 0.25) is 0 Å². The highest BCUT2D eigenvalue weighted by Crippen LogP contribution is 2.32. The van der Waals surface area contributed by atoms with Crippen molar-refractivity contribution < 1.29 is 9.59 Å². The Labute approximate surface area is 147 Å². The van der Waals surface area contributed by atoms with Gasteiger partial charge in [-0.1, -0.05) is 48.6 Å². The van der Waals surface area contributed by atoms with E-state index in [-0.39, 0.29) is 5.78 Å².